The van der Waals surface area contributed by atoms with Gasteiger partial charge in [-0.05, 0) is 36.6 Å². The molecule has 1 atom stereocenters. The first-order chi connectivity index (χ1) is 6.65. The fraction of sp³-hybridized carbons (Fsp3) is 0.273. The van der Waals surface area contributed by atoms with E-state index in [-0.39, 0.29) is 6.10 Å². The van der Waals surface area contributed by atoms with Crippen LogP contribution in [0.15, 0.2) is 28.7 Å². The van der Waals surface area contributed by atoms with Gasteiger partial charge in [0.2, 0.25) is 0 Å². The van der Waals surface area contributed by atoms with Crippen molar-refractivity contribution in [2.24, 2.45) is 0 Å². The lowest BCUT2D eigenvalue weighted by atomic mass is 10.2. The fourth-order valence-electron chi connectivity index (χ4n) is 1.46. The van der Waals surface area contributed by atoms with Gasteiger partial charge in [0.15, 0.2) is 0 Å². The van der Waals surface area contributed by atoms with Crippen LogP contribution in [0.2, 0.25) is 0 Å². The maximum atomic E-state index is 9.28. The zero-order valence-corrected chi connectivity index (χ0v) is 10.2. The van der Waals surface area contributed by atoms with E-state index in [1.54, 1.807) is 11.3 Å². The lowest BCUT2D eigenvalue weighted by Crippen LogP contribution is -2.01. The van der Waals surface area contributed by atoms with Crippen LogP contribution in [0.25, 0.3) is 10.1 Å². The summed E-state index contributed by atoms with van der Waals surface area (Å²) >= 11 is 5.20. The van der Waals surface area contributed by atoms with Crippen LogP contribution in [0.3, 0.4) is 0 Å². The first kappa shape index (κ1) is 10.1. The third-order valence-corrected chi connectivity index (χ3v) is 3.66. The minimum absolute atomic E-state index is 0.258. The number of fused-ring (bicyclic) bond motifs is 1. The minimum Gasteiger partial charge on any atom is -0.393 e. The average Bonchev–Trinajstić information content (AvgIpc) is 2.44. The summed E-state index contributed by atoms with van der Waals surface area (Å²) in [6.45, 7) is 1.82. The number of thiophene rings is 1. The van der Waals surface area contributed by atoms with Gasteiger partial charge in [0.25, 0.3) is 0 Å². The number of halogens is 1. The van der Waals surface area contributed by atoms with Gasteiger partial charge in [-0.15, -0.1) is 11.3 Å². The molecule has 74 valence electrons. The average molecular weight is 271 g/mol. The van der Waals surface area contributed by atoms with E-state index in [0.29, 0.717) is 0 Å². The molecule has 0 amide bonds. The topological polar surface area (TPSA) is 20.2 Å². The summed E-state index contributed by atoms with van der Waals surface area (Å²) in [5.41, 5.74) is 0. The first-order valence-corrected chi connectivity index (χ1v) is 6.12. The predicted molar refractivity (Wildman–Crippen MR) is 64.9 cm³/mol. The molecule has 0 saturated heterocycles. The summed E-state index contributed by atoms with van der Waals surface area (Å²) in [5.74, 6) is 0. The standard InChI is InChI=1S/C11H11BrOS/c1-7(13)4-10-6-8-5-9(12)2-3-11(8)14-10/h2-3,5-7,13H,4H2,1H3. The lowest BCUT2D eigenvalue weighted by molar-refractivity contribution is 0.196. The van der Waals surface area contributed by atoms with Gasteiger partial charge in [-0.3, -0.25) is 0 Å². The van der Waals surface area contributed by atoms with E-state index >= 15 is 0 Å². The quantitative estimate of drug-likeness (QED) is 0.885. The zero-order valence-electron chi connectivity index (χ0n) is 7.83. The predicted octanol–water partition coefficient (Wildman–Crippen LogP) is 3.59. The van der Waals surface area contributed by atoms with Crippen molar-refractivity contribution in [2.45, 2.75) is 19.4 Å². The summed E-state index contributed by atoms with van der Waals surface area (Å²) in [4.78, 5) is 1.24. The Morgan fingerprint density at radius 2 is 2.21 bits per heavy atom. The molecule has 0 aliphatic rings. The fourth-order valence-corrected chi connectivity index (χ4v) is 3.00. The van der Waals surface area contributed by atoms with Gasteiger partial charge in [0.05, 0.1) is 6.10 Å². The molecule has 2 aromatic rings. The minimum atomic E-state index is -0.258. The van der Waals surface area contributed by atoms with Crippen molar-refractivity contribution < 1.29 is 5.11 Å². The Morgan fingerprint density at radius 1 is 1.43 bits per heavy atom. The first-order valence-electron chi connectivity index (χ1n) is 4.51. The molecule has 1 heterocycles. The Labute approximate surface area is 95.5 Å². The van der Waals surface area contributed by atoms with Gasteiger partial charge in [0.1, 0.15) is 0 Å². The Balaban J connectivity index is 2.41. The largest absolute Gasteiger partial charge is 0.393 e. The van der Waals surface area contributed by atoms with Crippen molar-refractivity contribution in [1.29, 1.82) is 0 Å². The van der Waals surface area contributed by atoms with E-state index in [4.69, 9.17) is 0 Å². The Morgan fingerprint density at radius 3 is 2.93 bits per heavy atom. The van der Waals surface area contributed by atoms with Crippen LogP contribution in [0.1, 0.15) is 11.8 Å². The van der Waals surface area contributed by atoms with Crippen molar-refractivity contribution in [1.82, 2.24) is 0 Å². The van der Waals surface area contributed by atoms with Crippen molar-refractivity contribution in [3.63, 3.8) is 0 Å². The monoisotopic (exact) mass is 270 g/mol. The molecule has 0 aliphatic heterocycles. The molecule has 1 aromatic heterocycles. The second kappa shape index (κ2) is 4.01. The number of hydrogen-bond donors (Lipinski definition) is 1. The highest BCUT2D eigenvalue weighted by molar-refractivity contribution is 9.10. The molecule has 1 N–H and O–H groups in total. The lowest BCUT2D eigenvalue weighted by Gasteiger charge is -1.98. The third-order valence-electron chi connectivity index (χ3n) is 2.03. The molecular weight excluding hydrogens is 260 g/mol. The number of hydrogen-bond acceptors (Lipinski definition) is 2. The Kier molecular flexibility index (Phi) is 2.91. The highest BCUT2D eigenvalue weighted by atomic mass is 79.9. The van der Waals surface area contributed by atoms with Crippen molar-refractivity contribution in [3.8, 4) is 0 Å². The zero-order chi connectivity index (χ0) is 10.1. The van der Waals surface area contributed by atoms with E-state index in [9.17, 15) is 5.11 Å². The second-order valence-electron chi connectivity index (χ2n) is 3.45. The van der Waals surface area contributed by atoms with Crippen molar-refractivity contribution in [3.05, 3.63) is 33.6 Å². The Bertz CT molecular complexity index is 447. The van der Waals surface area contributed by atoms with Crippen LogP contribution in [0.5, 0.6) is 0 Å². The molecule has 2 rings (SSSR count). The molecular formula is C11H11BrOS. The van der Waals surface area contributed by atoms with Crippen LogP contribution < -0.4 is 0 Å². The maximum absolute atomic E-state index is 9.28. The van der Waals surface area contributed by atoms with Crippen molar-refractivity contribution >= 4 is 37.4 Å². The van der Waals surface area contributed by atoms with Gasteiger partial charge in [-0.2, -0.15) is 0 Å². The summed E-state index contributed by atoms with van der Waals surface area (Å²) in [6, 6.07) is 8.41. The number of rotatable bonds is 2. The summed E-state index contributed by atoms with van der Waals surface area (Å²) in [5, 5.41) is 10.5. The van der Waals surface area contributed by atoms with Crippen LogP contribution in [-0.2, 0) is 6.42 Å². The molecule has 0 fully saturated rings. The van der Waals surface area contributed by atoms with Crippen LogP contribution in [0.4, 0.5) is 0 Å². The molecule has 0 saturated carbocycles. The van der Waals surface area contributed by atoms with Gasteiger partial charge in [-0.25, -0.2) is 0 Å². The molecule has 1 nitrogen and oxygen atoms in total. The van der Waals surface area contributed by atoms with Gasteiger partial charge in [0, 0.05) is 20.5 Å². The second-order valence-corrected chi connectivity index (χ2v) is 5.53. The van der Waals surface area contributed by atoms with E-state index in [0.717, 1.165) is 10.9 Å². The van der Waals surface area contributed by atoms with E-state index in [1.807, 2.05) is 13.0 Å². The van der Waals surface area contributed by atoms with Gasteiger partial charge < -0.3 is 5.11 Å². The summed E-state index contributed by atoms with van der Waals surface area (Å²) in [7, 11) is 0. The smallest absolute Gasteiger partial charge is 0.0560 e. The SMILES string of the molecule is CC(O)Cc1cc2cc(Br)ccc2s1. The van der Waals surface area contributed by atoms with Crippen LogP contribution in [0, 0.1) is 0 Å². The Hall–Kier alpha value is -0.380. The molecule has 3 heteroatoms. The third kappa shape index (κ3) is 2.16. The highest BCUT2D eigenvalue weighted by Crippen LogP contribution is 2.28. The number of aliphatic hydroxyl groups excluding tert-OH is 1. The van der Waals surface area contributed by atoms with Crippen molar-refractivity contribution in [2.75, 3.05) is 0 Å². The normalized spacial score (nSPS) is 13.4. The van der Waals surface area contributed by atoms with Crippen LogP contribution >= 0.6 is 27.3 Å². The molecule has 0 bridgehead atoms. The van der Waals surface area contributed by atoms with Gasteiger partial charge >= 0.3 is 0 Å². The van der Waals surface area contributed by atoms with E-state index < -0.39 is 0 Å². The highest BCUT2D eigenvalue weighted by Gasteiger charge is 2.04. The maximum Gasteiger partial charge on any atom is 0.0560 e. The van der Waals surface area contributed by atoms with E-state index in [1.165, 1.54) is 15.0 Å². The molecule has 1 aromatic carbocycles. The number of benzene rings is 1. The van der Waals surface area contributed by atoms with E-state index in [2.05, 4.69) is 34.1 Å². The summed E-state index contributed by atoms with van der Waals surface area (Å²) < 4.78 is 2.38. The summed E-state index contributed by atoms with van der Waals surface area (Å²) in [6.07, 6.45) is 0.489. The van der Waals surface area contributed by atoms with Gasteiger partial charge in [-0.1, -0.05) is 15.9 Å². The molecule has 0 radical (unpaired) electrons. The molecule has 14 heavy (non-hydrogen) atoms. The molecule has 0 aliphatic carbocycles. The molecule has 0 spiro atoms. The number of aliphatic hydroxyl groups is 1. The van der Waals surface area contributed by atoms with Crippen LogP contribution in [-0.4, -0.2) is 11.2 Å². The molecule has 1 unspecified atom stereocenters.